The van der Waals surface area contributed by atoms with Crippen LogP contribution in [0.4, 0.5) is 5.82 Å². The summed E-state index contributed by atoms with van der Waals surface area (Å²) in [4.78, 5) is 34.8. The first-order valence-corrected chi connectivity index (χ1v) is 9.55. The lowest BCUT2D eigenvalue weighted by atomic mass is 9.99. The molecule has 2 aromatic heterocycles. The normalized spacial score (nSPS) is 13.8. The van der Waals surface area contributed by atoms with Crippen LogP contribution in [0.3, 0.4) is 0 Å². The molecule has 1 fully saturated rings. The predicted octanol–water partition coefficient (Wildman–Crippen LogP) is 1.26. The Morgan fingerprint density at radius 3 is 2.72 bits per heavy atom. The van der Waals surface area contributed by atoms with Crippen molar-refractivity contribution in [2.45, 2.75) is 13.5 Å². The molecular weight excluding hydrogens is 368 g/mol. The van der Waals surface area contributed by atoms with E-state index in [1.165, 1.54) is 10.7 Å². The molecular formula is C21H22N6O2. The van der Waals surface area contributed by atoms with Crippen molar-refractivity contribution in [1.82, 2.24) is 25.1 Å². The number of hydrogen-bond donors (Lipinski definition) is 1. The average molecular weight is 390 g/mol. The highest BCUT2D eigenvalue weighted by atomic mass is 16.2. The van der Waals surface area contributed by atoms with Gasteiger partial charge in [0.1, 0.15) is 12.1 Å². The summed E-state index contributed by atoms with van der Waals surface area (Å²) in [6.45, 7) is 3.78. The smallest absolute Gasteiger partial charge is 0.266 e. The van der Waals surface area contributed by atoms with E-state index in [4.69, 9.17) is 0 Å². The van der Waals surface area contributed by atoms with E-state index >= 15 is 0 Å². The van der Waals surface area contributed by atoms with E-state index in [0.29, 0.717) is 26.2 Å². The Morgan fingerprint density at radius 1 is 1.14 bits per heavy atom. The zero-order valence-electron chi connectivity index (χ0n) is 16.2. The van der Waals surface area contributed by atoms with E-state index in [2.05, 4.69) is 25.3 Å². The molecule has 3 heterocycles. The molecule has 0 atom stereocenters. The monoisotopic (exact) mass is 390 g/mol. The number of nitrogens with one attached hydrogen (secondary N) is 1. The number of aromatic nitrogens is 4. The molecule has 3 aromatic rings. The van der Waals surface area contributed by atoms with E-state index in [0.717, 1.165) is 22.8 Å². The van der Waals surface area contributed by atoms with Gasteiger partial charge in [0.2, 0.25) is 5.91 Å². The summed E-state index contributed by atoms with van der Waals surface area (Å²) in [6.07, 6.45) is 1.55. The number of amides is 1. The summed E-state index contributed by atoms with van der Waals surface area (Å²) in [5, 5.41) is 7.05. The SMILES string of the molecule is Cc1ccc(=O)n(CCNC(=O)C2CN(c3cc(-c4ccccc4)ncn3)C2)n1. The van der Waals surface area contributed by atoms with Gasteiger partial charge in [-0.25, -0.2) is 14.6 Å². The minimum absolute atomic E-state index is 0.0145. The number of carbonyl (C=O) groups is 1. The quantitative estimate of drug-likeness (QED) is 0.681. The molecule has 148 valence electrons. The Bertz CT molecular complexity index is 1060. The van der Waals surface area contributed by atoms with Crippen molar-refractivity contribution >= 4 is 11.7 Å². The van der Waals surface area contributed by atoms with Gasteiger partial charge in [-0.05, 0) is 13.0 Å². The zero-order chi connectivity index (χ0) is 20.2. The number of nitrogens with zero attached hydrogens (tertiary/aromatic N) is 5. The van der Waals surface area contributed by atoms with E-state index in [-0.39, 0.29) is 17.4 Å². The minimum atomic E-state index is -0.169. The summed E-state index contributed by atoms with van der Waals surface area (Å²) >= 11 is 0. The van der Waals surface area contributed by atoms with Gasteiger partial charge < -0.3 is 10.2 Å². The zero-order valence-corrected chi connectivity index (χ0v) is 16.2. The van der Waals surface area contributed by atoms with Crippen LogP contribution in [0.2, 0.25) is 0 Å². The van der Waals surface area contributed by atoms with Crippen molar-refractivity contribution in [3.05, 3.63) is 70.9 Å². The lowest BCUT2D eigenvalue weighted by Gasteiger charge is -2.39. The molecule has 1 aliphatic rings. The summed E-state index contributed by atoms with van der Waals surface area (Å²) < 4.78 is 1.37. The Kier molecular flexibility index (Phi) is 5.33. The highest BCUT2D eigenvalue weighted by Gasteiger charge is 2.33. The third-order valence-electron chi connectivity index (χ3n) is 4.92. The van der Waals surface area contributed by atoms with Gasteiger partial charge in [-0.1, -0.05) is 30.3 Å². The van der Waals surface area contributed by atoms with Crippen LogP contribution in [0.5, 0.6) is 0 Å². The molecule has 1 amide bonds. The Labute approximate surface area is 168 Å². The number of anilines is 1. The lowest BCUT2D eigenvalue weighted by Crippen LogP contribution is -2.54. The van der Waals surface area contributed by atoms with Gasteiger partial charge in [0.15, 0.2) is 0 Å². The van der Waals surface area contributed by atoms with Crippen LogP contribution in [-0.2, 0) is 11.3 Å². The molecule has 0 bridgehead atoms. The molecule has 0 radical (unpaired) electrons. The van der Waals surface area contributed by atoms with Crippen molar-refractivity contribution in [1.29, 1.82) is 0 Å². The van der Waals surface area contributed by atoms with Crippen molar-refractivity contribution in [2.75, 3.05) is 24.5 Å². The van der Waals surface area contributed by atoms with E-state index < -0.39 is 0 Å². The summed E-state index contributed by atoms with van der Waals surface area (Å²) in [5.41, 5.74) is 2.49. The molecule has 1 aliphatic heterocycles. The van der Waals surface area contributed by atoms with Crippen molar-refractivity contribution in [3.8, 4) is 11.3 Å². The van der Waals surface area contributed by atoms with Gasteiger partial charge >= 0.3 is 0 Å². The van der Waals surface area contributed by atoms with E-state index in [1.807, 2.05) is 43.3 Å². The summed E-state index contributed by atoms with van der Waals surface area (Å²) in [7, 11) is 0. The van der Waals surface area contributed by atoms with Crippen LogP contribution in [0.1, 0.15) is 5.69 Å². The van der Waals surface area contributed by atoms with Gasteiger partial charge in [0.05, 0.1) is 23.9 Å². The number of hydrogen-bond acceptors (Lipinski definition) is 6. The highest BCUT2D eigenvalue weighted by molar-refractivity contribution is 5.81. The fourth-order valence-electron chi connectivity index (χ4n) is 3.26. The molecule has 0 saturated carbocycles. The molecule has 29 heavy (non-hydrogen) atoms. The van der Waals surface area contributed by atoms with Crippen LogP contribution in [0.15, 0.2) is 59.7 Å². The van der Waals surface area contributed by atoms with Crippen LogP contribution >= 0.6 is 0 Å². The van der Waals surface area contributed by atoms with E-state index in [1.54, 1.807) is 12.4 Å². The minimum Gasteiger partial charge on any atom is -0.355 e. The number of benzene rings is 1. The second-order valence-electron chi connectivity index (χ2n) is 7.06. The van der Waals surface area contributed by atoms with Crippen LogP contribution in [0.25, 0.3) is 11.3 Å². The molecule has 8 heteroatoms. The van der Waals surface area contributed by atoms with Gasteiger partial charge in [-0.2, -0.15) is 5.10 Å². The maximum atomic E-state index is 12.4. The Morgan fingerprint density at radius 2 is 1.93 bits per heavy atom. The Balaban J connectivity index is 1.29. The van der Waals surface area contributed by atoms with Gasteiger partial charge in [0, 0.05) is 37.3 Å². The van der Waals surface area contributed by atoms with Crippen LogP contribution in [-0.4, -0.2) is 45.3 Å². The summed E-state index contributed by atoms with van der Waals surface area (Å²) in [5.74, 6) is 0.713. The van der Waals surface area contributed by atoms with Gasteiger partial charge in [-0.3, -0.25) is 9.59 Å². The fraction of sp³-hybridized carbons (Fsp3) is 0.286. The summed E-state index contributed by atoms with van der Waals surface area (Å²) in [6, 6.07) is 15.0. The molecule has 1 N–H and O–H groups in total. The molecule has 4 rings (SSSR count). The number of aryl methyl sites for hydroxylation is 1. The second kappa shape index (κ2) is 8.22. The number of carbonyl (C=O) groups excluding carboxylic acids is 1. The third-order valence-corrected chi connectivity index (χ3v) is 4.92. The first-order chi connectivity index (χ1) is 14.1. The first kappa shape index (κ1) is 18.8. The van der Waals surface area contributed by atoms with Gasteiger partial charge in [-0.15, -0.1) is 0 Å². The average Bonchev–Trinajstić information content (AvgIpc) is 2.70. The van der Waals surface area contributed by atoms with Crippen LogP contribution < -0.4 is 15.8 Å². The molecule has 1 saturated heterocycles. The van der Waals surface area contributed by atoms with Crippen molar-refractivity contribution < 1.29 is 4.79 Å². The van der Waals surface area contributed by atoms with E-state index in [9.17, 15) is 9.59 Å². The first-order valence-electron chi connectivity index (χ1n) is 9.55. The standard InChI is InChI=1S/C21H22N6O2/c1-15-7-8-20(28)27(25-15)10-9-22-21(29)17-12-26(13-17)19-11-18(23-14-24-19)16-5-3-2-4-6-16/h2-8,11,14,17H,9-10,12-13H2,1H3,(H,22,29). The highest BCUT2D eigenvalue weighted by Crippen LogP contribution is 2.26. The van der Waals surface area contributed by atoms with Crippen molar-refractivity contribution in [3.63, 3.8) is 0 Å². The Hall–Kier alpha value is -3.55. The van der Waals surface area contributed by atoms with Gasteiger partial charge in [0.25, 0.3) is 5.56 Å². The second-order valence-corrected chi connectivity index (χ2v) is 7.06. The maximum absolute atomic E-state index is 12.4. The third kappa shape index (κ3) is 4.31. The molecule has 0 aliphatic carbocycles. The topological polar surface area (TPSA) is 93.0 Å². The molecule has 0 unspecified atom stereocenters. The largest absolute Gasteiger partial charge is 0.355 e. The maximum Gasteiger partial charge on any atom is 0.266 e. The predicted molar refractivity (Wildman–Crippen MR) is 109 cm³/mol. The van der Waals surface area contributed by atoms with Crippen molar-refractivity contribution in [2.24, 2.45) is 5.92 Å². The lowest BCUT2D eigenvalue weighted by molar-refractivity contribution is -0.125. The fourth-order valence-corrected chi connectivity index (χ4v) is 3.26. The molecule has 8 nitrogen and oxygen atoms in total. The molecule has 0 spiro atoms. The van der Waals surface area contributed by atoms with Crippen LogP contribution in [0, 0.1) is 12.8 Å². The number of rotatable bonds is 6. The molecule has 1 aromatic carbocycles.